The summed E-state index contributed by atoms with van der Waals surface area (Å²) < 4.78 is 0. The van der Waals surface area contributed by atoms with E-state index in [2.05, 4.69) is 11.8 Å². The summed E-state index contributed by atoms with van der Waals surface area (Å²) in [6.07, 6.45) is 5.74. The summed E-state index contributed by atoms with van der Waals surface area (Å²) in [7, 11) is 0. The number of carbonyl (C=O) groups excluding carboxylic acids is 1. The van der Waals surface area contributed by atoms with Crippen LogP contribution in [0.3, 0.4) is 0 Å². The summed E-state index contributed by atoms with van der Waals surface area (Å²) in [5.41, 5.74) is 5.74. The van der Waals surface area contributed by atoms with Crippen LogP contribution in [0.15, 0.2) is 0 Å². The van der Waals surface area contributed by atoms with Gasteiger partial charge in [0.1, 0.15) is 0 Å². The van der Waals surface area contributed by atoms with Crippen LogP contribution >= 0.6 is 0 Å². The van der Waals surface area contributed by atoms with Crippen LogP contribution in [0.25, 0.3) is 0 Å². The summed E-state index contributed by atoms with van der Waals surface area (Å²) in [6, 6.07) is 0. The SMILES string of the molecule is CC1CCN(C(=O)[C@@H]2CCC[C@@H]2CN)CC1. The Morgan fingerprint density at radius 3 is 2.56 bits per heavy atom. The van der Waals surface area contributed by atoms with Crippen LogP contribution in [-0.2, 0) is 4.79 Å². The standard InChI is InChI=1S/C13H24N2O/c1-10-5-7-15(8-6-10)13(16)12-4-2-3-11(12)9-14/h10-12H,2-9,14H2,1H3/t11-,12-/m1/s1. The quantitative estimate of drug-likeness (QED) is 0.774. The second kappa shape index (κ2) is 5.17. The molecule has 1 amide bonds. The van der Waals surface area contributed by atoms with Crippen molar-refractivity contribution >= 4 is 5.91 Å². The smallest absolute Gasteiger partial charge is 0.226 e. The van der Waals surface area contributed by atoms with Crippen LogP contribution in [0.2, 0.25) is 0 Å². The first-order chi connectivity index (χ1) is 7.72. The van der Waals surface area contributed by atoms with Gasteiger partial charge in [0, 0.05) is 19.0 Å². The number of piperidine rings is 1. The van der Waals surface area contributed by atoms with Crippen LogP contribution in [0.5, 0.6) is 0 Å². The molecule has 2 rings (SSSR count). The van der Waals surface area contributed by atoms with Crippen molar-refractivity contribution in [2.75, 3.05) is 19.6 Å². The fourth-order valence-corrected chi connectivity index (χ4v) is 3.11. The molecule has 0 aromatic rings. The molecule has 3 nitrogen and oxygen atoms in total. The molecule has 0 aromatic heterocycles. The summed E-state index contributed by atoms with van der Waals surface area (Å²) in [5, 5.41) is 0. The maximum atomic E-state index is 12.3. The van der Waals surface area contributed by atoms with E-state index in [0.717, 1.165) is 31.8 Å². The molecule has 1 saturated heterocycles. The molecule has 3 heteroatoms. The van der Waals surface area contributed by atoms with Crippen molar-refractivity contribution in [3.8, 4) is 0 Å². The first kappa shape index (κ1) is 11.9. The van der Waals surface area contributed by atoms with Crippen molar-refractivity contribution in [1.82, 2.24) is 4.90 Å². The number of likely N-dealkylation sites (tertiary alicyclic amines) is 1. The van der Waals surface area contributed by atoms with E-state index in [0.29, 0.717) is 18.4 Å². The molecular formula is C13H24N2O. The Balaban J connectivity index is 1.91. The van der Waals surface area contributed by atoms with E-state index >= 15 is 0 Å². The van der Waals surface area contributed by atoms with Gasteiger partial charge in [0.2, 0.25) is 5.91 Å². The van der Waals surface area contributed by atoms with E-state index < -0.39 is 0 Å². The van der Waals surface area contributed by atoms with E-state index in [-0.39, 0.29) is 5.92 Å². The van der Waals surface area contributed by atoms with Gasteiger partial charge in [0.15, 0.2) is 0 Å². The molecule has 1 aliphatic heterocycles. The number of hydrogen-bond acceptors (Lipinski definition) is 2. The molecule has 0 spiro atoms. The molecule has 0 bridgehead atoms. The van der Waals surface area contributed by atoms with Crippen LogP contribution in [0.1, 0.15) is 39.0 Å². The van der Waals surface area contributed by atoms with Crippen LogP contribution in [0.4, 0.5) is 0 Å². The van der Waals surface area contributed by atoms with Gasteiger partial charge in [-0.05, 0) is 44.1 Å². The first-order valence-corrected chi connectivity index (χ1v) is 6.71. The molecule has 2 fully saturated rings. The topological polar surface area (TPSA) is 46.3 Å². The zero-order valence-corrected chi connectivity index (χ0v) is 10.3. The largest absolute Gasteiger partial charge is 0.342 e. The lowest BCUT2D eigenvalue weighted by atomic mass is 9.92. The molecule has 0 unspecified atom stereocenters. The highest BCUT2D eigenvalue weighted by atomic mass is 16.2. The average Bonchev–Trinajstić information content (AvgIpc) is 2.77. The van der Waals surface area contributed by atoms with Gasteiger partial charge in [-0.3, -0.25) is 4.79 Å². The van der Waals surface area contributed by atoms with Gasteiger partial charge in [-0.25, -0.2) is 0 Å². The second-order valence-corrected chi connectivity index (χ2v) is 5.54. The van der Waals surface area contributed by atoms with Crippen molar-refractivity contribution in [3.63, 3.8) is 0 Å². The minimum absolute atomic E-state index is 0.235. The fourth-order valence-electron chi connectivity index (χ4n) is 3.11. The third-order valence-corrected chi connectivity index (χ3v) is 4.37. The van der Waals surface area contributed by atoms with Gasteiger partial charge in [-0.15, -0.1) is 0 Å². The van der Waals surface area contributed by atoms with Crippen LogP contribution in [-0.4, -0.2) is 30.4 Å². The van der Waals surface area contributed by atoms with E-state index in [9.17, 15) is 4.79 Å². The minimum atomic E-state index is 0.235. The van der Waals surface area contributed by atoms with Crippen molar-refractivity contribution in [2.24, 2.45) is 23.5 Å². The fraction of sp³-hybridized carbons (Fsp3) is 0.923. The second-order valence-electron chi connectivity index (χ2n) is 5.54. The highest BCUT2D eigenvalue weighted by Crippen LogP contribution is 2.33. The van der Waals surface area contributed by atoms with Gasteiger partial charge in [-0.2, -0.15) is 0 Å². The van der Waals surface area contributed by atoms with E-state index in [1.807, 2.05) is 0 Å². The van der Waals surface area contributed by atoms with Crippen molar-refractivity contribution in [2.45, 2.75) is 39.0 Å². The van der Waals surface area contributed by atoms with E-state index in [1.54, 1.807) is 0 Å². The number of nitrogens with zero attached hydrogens (tertiary/aromatic N) is 1. The Bertz CT molecular complexity index is 246. The molecule has 1 saturated carbocycles. The molecule has 0 aromatic carbocycles. The third-order valence-electron chi connectivity index (χ3n) is 4.37. The zero-order chi connectivity index (χ0) is 11.5. The van der Waals surface area contributed by atoms with E-state index in [1.165, 1.54) is 19.3 Å². The average molecular weight is 224 g/mol. The molecule has 1 aliphatic carbocycles. The molecule has 0 radical (unpaired) electrons. The monoisotopic (exact) mass is 224 g/mol. The predicted octanol–water partition coefficient (Wildman–Crippen LogP) is 1.62. The molecule has 1 heterocycles. The summed E-state index contributed by atoms with van der Waals surface area (Å²) >= 11 is 0. The number of amides is 1. The highest BCUT2D eigenvalue weighted by Gasteiger charge is 2.35. The molecule has 2 N–H and O–H groups in total. The molecular weight excluding hydrogens is 200 g/mol. The van der Waals surface area contributed by atoms with Crippen molar-refractivity contribution < 1.29 is 4.79 Å². The number of carbonyl (C=O) groups is 1. The lowest BCUT2D eigenvalue weighted by Gasteiger charge is -2.33. The van der Waals surface area contributed by atoms with Gasteiger partial charge in [-0.1, -0.05) is 13.3 Å². The lowest BCUT2D eigenvalue weighted by Crippen LogP contribution is -2.43. The maximum absolute atomic E-state index is 12.3. The minimum Gasteiger partial charge on any atom is -0.342 e. The Labute approximate surface area is 98.4 Å². The normalized spacial score (nSPS) is 32.0. The van der Waals surface area contributed by atoms with Crippen LogP contribution < -0.4 is 5.73 Å². The molecule has 2 atom stereocenters. The summed E-state index contributed by atoms with van der Waals surface area (Å²) in [6.45, 7) is 4.89. The Morgan fingerprint density at radius 2 is 1.94 bits per heavy atom. The van der Waals surface area contributed by atoms with Gasteiger partial charge < -0.3 is 10.6 Å². The summed E-state index contributed by atoms with van der Waals surface area (Å²) in [4.78, 5) is 14.4. The Morgan fingerprint density at radius 1 is 1.25 bits per heavy atom. The third kappa shape index (κ3) is 2.40. The first-order valence-electron chi connectivity index (χ1n) is 6.71. The molecule has 92 valence electrons. The van der Waals surface area contributed by atoms with Crippen LogP contribution in [0, 0.1) is 17.8 Å². The molecule has 2 aliphatic rings. The van der Waals surface area contributed by atoms with E-state index in [4.69, 9.17) is 5.73 Å². The predicted molar refractivity (Wildman–Crippen MR) is 64.9 cm³/mol. The lowest BCUT2D eigenvalue weighted by molar-refractivity contribution is -0.137. The maximum Gasteiger partial charge on any atom is 0.226 e. The number of hydrogen-bond donors (Lipinski definition) is 1. The number of rotatable bonds is 2. The zero-order valence-electron chi connectivity index (χ0n) is 10.3. The van der Waals surface area contributed by atoms with Crippen molar-refractivity contribution in [1.29, 1.82) is 0 Å². The van der Waals surface area contributed by atoms with Crippen molar-refractivity contribution in [3.05, 3.63) is 0 Å². The highest BCUT2D eigenvalue weighted by molar-refractivity contribution is 5.79. The Kier molecular flexibility index (Phi) is 3.85. The number of nitrogens with two attached hydrogens (primary N) is 1. The summed E-state index contributed by atoms with van der Waals surface area (Å²) in [5.74, 6) is 1.86. The van der Waals surface area contributed by atoms with Gasteiger partial charge in [0.25, 0.3) is 0 Å². The molecule has 16 heavy (non-hydrogen) atoms. The van der Waals surface area contributed by atoms with Gasteiger partial charge in [0.05, 0.1) is 0 Å². The van der Waals surface area contributed by atoms with Gasteiger partial charge >= 0.3 is 0 Å². The Hall–Kier alpha value is -0.570.